The topological polar surface area (TPSA) is 58.4 Å². The van der Waals surface area contributed by atoms with Crippen molar-refractivity contribution in [1.82, 2.24) is 19.4 Å². The van der Waals surface area contributed by atoms with Crippen molar-refractivity contribution < 1.29 is 4.79 Å². The van der Waals surface area contributed by atoms with Crippen molar-refractivity contribution in [3.8, 4) is 0 Å². The molecular weight excluding hydrogens is 408 g/mol. The molecule has 1 amide bonds. The predicted molar refractivity (Wildman–Crippen MR) is 117 cm³/mol. The van der Waals surface area contributed by atoms with E-state index in [0.717, 1.165) is 18.0 Å². The number of nitrogens with zero attached hydrogens (tertiary/aromatic N) is 4. The highest BCUT2D eigenvalue weighted by Crippen LogP contribution is 2.22. The van der Waals surface area contributed by atoms with Gasteiger partial charge in [0.25, 0.3) is 5.56 Å². The SMILES string of the molecule is CC(c1nc2cc(Cl)ccc2c(=O)n1C)N1CCN(C(=O)Cc2cccs2)CC1. The van der Waals surface area contributed by atoms with E-state index in [1.807, 2.05) is 22.4 Å². The van der Waals surface area contributed by atoms with Gasteiger partial charge in [-0.1, -0.05) is 17.7 Å². The second-order valence-corrected chi connectivity index (χ2v) is 8.81. The van der Waals surface area contributed by atoms with Crippen LogP contribution in [0.3, 0.4) is 0 Å². The van der Waals surface area contributed by atoms with Crippen LogP contribution in [0.2, 0.25) is 5.02 Å². The smallest absolute Gasteiger partial charge is 0.261 e. The van der Waals surface area contributed by atoms with E-state index in [1.54, 1.807) is 41.2 Å². The molecule has 4 rings (SSSR count). The van der Waals surface area contributed by atoms with E-state index in [4.69, 9.17) is 16.6 Å². The maximum absolute atomic E-state index is 12.7. The number of thiophene rings is 1. The Kier molecular flexibility index (Phi) is 5.72. The van der Waals surface area contributed by atoms with E-state index < -0.39 is 0 Å². The minimum Gasteiger partial charge on any atom is -0.340 e. The molecule has 3 heterocycles. The Morgan fingerprint density at radius 3 is 2.69 bits per heavy atom. The lowest BCUT2D eigenvalue weighted by molar-refractivity contribution is -0.132. The Morgan fingerprint density at radius 2 is 2.00 bits per heavy atom. The van der Waals surface area contributed by atoms with Crippen molar-refractivity contribution in [1.29, 1.82) is 0 Å². The van der Waals surface area contributed by atoms with Gasteiger partial charge in [0.1, 0.15) is 5.82 Å². The first kappa shape index (κ1) is 20.1. The molecule has 0 N–H and O–H groups in total. The van der Waals surface area contributed by atoms with Gasteiger partial charge < -0.3 is 4.90 Å². The standard InChI is InChI=1S/C21H23ClN4O2S/c1-14(20-23-18-12-15(22)5-6-17(18)21(28)24(20)2)25-7-9-26(10-8-25)19(27)13-16-4-3-11-29-16/h3-6,11-12,14H,7-10,13H2,1-2H3. The van der Waals surface area contributed by atoms with Crippen LogP contribution in [0.4, 0.5) is 0 Å². The molecule has 1 aliphatic rings. The van der Waals surface area contributed by atoms with E-state index in [-0.39, 0.29) is 17.5 Å². The molecule has 1 unspecified atom stereocenters. The fourth-order valence-corrected chi connectivity index (χ4v) is 4.69. The number of rotatable bonds is 4. The van der Waals surface area contributed by atoms with Gasteiger partial charge in [-0.05, 0) is 36.6 Å². The summed E-state index contributed by atoms with van der Waals surface area (Å²) in [7, 11) is 1.76. The number of hydrogen-bond donors (Lipinski definition) is 0. The molecular formula is C21H23ClN4O2S. The zero-order valence-corrected chi connectivity index (χ0v) is 18.0. The molecule has 0 aliphatic carbocycles. The quantitative estimate of drug-likeness (QED) is 0.638. The van der Waals surface area contributed by atoms with Gasteiger partial charge in [0.2, 0.25) is 5.91 Å². The number of hydrogen-bond acceptors (Lipinski definition) is 5. The average molecular weight is 431 g/mol. The molecule has 152 valence electrons. The second kappa shape index (κ2) is 8.26. The van der Waals surface area contributed by atoms with Crippen molar-refractivity contribution in [3.63, 3.8) is 0 Å². The van der Waals surface area contributed by atoms with Crippen LogP contribution in [-0.4, -0.2) is 51.4 Å². The Bertz CT molecular complexity index is 1090. The van der Waals surface area contributed by atoms with Crippen LogP contribution in [-0.2, 0) is 18.3 Å². The Labute approximate surface area is 178 Å². The number of carbonyl (C=O) groups excluding carboxylic acids is 1. The van der Waals surface area contributed by atoms with Gasteiger partial charge in [-0.2, -0.15) is 0 Å². The lowest BCUT2D eigenvalue weighted by Gasteiger charge is -2.38. The fraction of sp³-hybridized carbons (Fsp3) is 0.381. The molecule has 2 aromatic heterocycles. The number of aromatic nitrogens is 2. The molecule has 0 spiro atoms. The molecule has 1 atom stereocenters. The van der Waals surface area contributed by atoms with Gasteiger partial charge in [0.15, 0.2) is 0 Å². The van der Waals surface area contributed by atoms with Crippen molar-refractivity contribution in [2.45, 2.75) is 19.4 Å². The van der Waals surface area contributed by atoms with Crippen LogP contribution in [0.5, 0.6) is 0 Å². The summed E-state index contributed by atoms with van der Waals surface area (Å²) in [6, 6.07) is 9.10. The van der Waals surface area contributed by atoms with Crippen LogP contribution >= 0.6 is 22.9 Å². The largest absolute Gasteiger partial charge is 0.340 e. The van der Waals surface area contributed by atoms with Crippen molar-refractivity contribution in [3.05, 3.63) is 61.8 Å². The number of fused-ring (bicyclic) bond motifs is 1. The molecule has 8 heteroatoms. The van der Waals surface area contributed by atoms with Crippen molar-refractivity contribution in [2.75, 3.05) is 26.2 Å². The third kappa shape index (κ3) is 4.08. The molecule has 1 saturated heterocycles. The second-order valence-electron chi connectivity index (χ2n) is 7.34. The molecule has 1 fully saturated rings. The predicted octanol–water partition coefficient (Wildman–Crippen LogP) is 3.10. The van der Waals surface area contributed by atoms with Gasteiger partial charge in [0.05, 0.1) is 23.4 Å². The molecule has 6 nitrogen and oxygen atoms in total. The Hall–Kier alpha value is -2.22. The molecule has 29 heavy (non-hydrogen) atoms. The monoisotopic (exact) mass is 430 g/mol. The first-order chi connectivity index (χ1) is 13.9. The fourth-order valence-electron chi connectivity index (χ4n) is 3.83. The van der Waals surface area contributed by atoms with Crippen molar-refractivity contribution in [2.24, 2.45) is 7.05 Å². The summed E-state index contributed by atoms with van der Waals surface area (Å²) >= 11 is 7.71. The van der Waals surface area contributed by atoms with Crippen LogP contribution in [0, 0.1) is 0 Å². The molecule has 1 aliphatic heterocycles. The van der Waals surface area contributed by atoms with E-state index in [2.05, 4.69) is 11.8 Å². The number of piperazine rings is 1. The average Bonchev–Trinajstić information content (AvgIpc) is 3.23. The minimum atomic E-state index is -0.0710. The summed E-state index contributed by atoms with van der Waals surface area (Å²) in [4.78, 5) is 35.3. The minimum absolute atomic E-state index is 0.0365. The van der Waals surface area contributed by atoms with Gasteiger partial charge in [-0.15, -0.1) is 11.3 Å². The first-order valence-corrected chi connectivity index (χ1v) is 10.9. The zero-order valence-electron chi connectivity index (χ0n) is 16.5. The van der Waals surface area contributed by atoms with E-state index in [0.29, 0.717) is 41.3 Å². The highest BCUT2D eigenvalue weighted by Gasteiger charge is 2.27. The number of carbonyl (C=O) groups is 1. The number of benzene rings is 1. The summed E-state index contributed by atoms with van der Waals surface area (Å²) in [6.45, 7) is 4.92. The summed E-state index contributed by atoms with van der Waals surface area (Å²) in [5.41, 5.74) is 0.547. The van der Waals surface area contributed by atoms with Gasteiger partial charge in [-0.3, -0.25) is 19.1 Å². The molecule has 0 radical (unpaired) electrons. The van der Waals surface area contributed by atoms with E-state index in [1.165, 1.54) is 0 Å². The lowest BCUT2D eigenvalue weighted by Crippen LogP contribution is -2.50. The maximum Gasteiger partial charge on any atom is 0.261 e. The maximum atomic E-state index is 12.7. The summed E-state index contributed by atoms with van der Waals surface area (Å²) < 4.78 is 1.62. The van der Waals surface area contributed by atoms with Crippen LogP contribution in [0.1, 0.15) is 23.7 Å². The normalized spacial score (nSPS) is 16.3. The molecule has 3 aromatic rings. The molecule has 0 bridgehead atoms. The van der Waals surface area contributed by atoms with Crippen LogP contribution in [0.15, 0.2) is 40.5 Å². The summed E-state index contributed by atoms with van der Waals surface area (Å²) in [5, 5.41) is 3.13. The summed E-state index contributed by atoms with van der Waals surface area (Å²) in [5.74, 6) is 0.883. The Balaban J connectivity index is 1.48. The van der Waals surface area contributed by atoms with Crippen LogP contribution < -0.4 is 5.56 Å². The number of amides is 1. The molecule has 0 saturated carbocycles. The molecule has 1 aromatic carbocycles. The third-order valence-corrected chi connectivity index (χ3v) is 6.68. The lowest BCUT2D eigenvalue weighted by atomic mass is 10.1. The van der Waals surface area contributed by atoms with Gasteiger partial charge in [-0.25, -0.2) is 4.98 Å². The highest BCUT2D eigenvalue weighted by atomic mass is 35.5. The van der Waals surface area contributed by atoms with Gasteiger partial charge >= 0.3 is 0 Å². The highest BCUT2D eigenvalue weighted by molar-refractivity contribution is 7.10. The van der Waals surface area contributed by atoms with Gasteiger partial charge in [0, 0.05) is 43.1 Å². The Morgan fingerprint density at radius 1 is 1.24 bits per heavy atom. The van der Waals surface area contributed by atoms with E-state index in [9.17, 15) is 9.59 Å². The zero-order chi connectivity index (χ0) is 20.5. The first-order valence-electron chi connectivity index (χ1n) is 9.64. The van der Waals surface area contributed by atoms with E-state index >= 15 is 0 Å². The van der Waals surface area contributed by atoms with Crippen LogP contribution in [0.25, 0.3) is 10.9 Å². The third-order valence-electron chi connectivity index (χ3n) is 5.57. The number of halogens is 1. The van der Waals surface area contributed by atoms with Crippen molar-refractivity contribution >= 4 is 39.7 Å². The summed E-state index contributed by atoms with van der Waals surface area (Å²) in [6.07, 6.45) is 0.467.